The summed E-state index contributed by atoms with van der Waals surface area (Å²) >= 11 is 0. The highest BCUT2D eigenvalue weighted by Crippen LogP contribution is 2.13. The Morgan fingerprint density at radius 2 is 2.17 bits per heavy atom. The zero-order valence-corrected chi connectivity index (χ0v) is 11.2. The zero-order valence-electron chi connectivity index (χ0n) is 11.2. The van der Waals surface area contributed by atoms with Crippen LogP contribution in [0, 0.1) is 17.1 Å². The minimum absolute atomic E-state index is 0.263. The first-order valence-corrected chi connectivity index (χ1v) is 6.01. The van der Waals surface area contributed by atoms with Crippen LogP contribution < -0.4 is 5.32 Å². The van der Waals surface area contributed by atoms with Crippen molar-refractivity contribution in [3.63, 3.8) is 0 Å². The Hall–Kier alpha value is -1.44. The number of nitriles is 1. The van der Waals surface area contributed by atoms with Gasteiger partial charge < -0.3 is 4.90 Å². The Morgan fingerprint density at radius 3 is 2.72 bits per heavy atom. The van der Waals surface area contributed by atoms with Crippen LogP contribution in [0.4, 0.5) is 4.39 Å². The van der Waals surface area contributed by atoms with Crippen LogP contribution in [0.15, 0.2) is 24.3 Å². The van der Waals surface area contributed by atoms with Gasteiger partial charge in [-0.3, -0.25) is 5.32 Å². The molecule has 0 aliphatic carbocycles. The van der Waals surface area contributed by atoms with Gasteiger partial charge in [0.05, 0.1) is 6.07 Å². The van der Waals surface area contributed by atoms with Gasteiger partial charge in [0.25, 0.3) is 0 Å². The molecular weight excluding hydrogens is 229 g/mol. The van der Waals surface area contributed by atoms with Crippen molar-refractivity contribution >= 4 is 0 Å². The second-order valence-electron chi connectivity index (χ2n) is 4.98. The second kappa shape index (κ2) is 6.48. The molecule has 0 saturated carbocycles. The lowest BCUT2D eigenvalue weighted by molar-refractivity contribution is 0.362. The normalized spacial score (nSPS) is 14.2. The fourth-order valence-corrected chi connectivity index (χ4v) is 1.75. The monoisotopic (exact) mass is 249 g/mol. The van der Waals surface area contributed by atoms with E-state index in [0.717, 1.165) is 18.7 Å². The summed E-state index contributed by atoms with van der Waals surface area (Å²) in [6.07, 6.45) is 0.495. The lowest BCUT2D eigenvalue weighted by Crippen LogP contribution is -2.45. The Bertz CT molecular complexity index is 425. The summed E-state index contributed by atoms with van der Waals surface area (Å²) in [6.45, 7) is 3.43. The standard InChI is InChI=1S/C14H20FN3/c1-14(11-16,17-7-8-18(2)3)10-12-5-4-6-13(15)9-12/h4-6,9,17H,7-8,10H2,1-3H3. The van der Waals surface area contributed by atoms with Crippen molar-refractivity contribution in [3.05, 3.63) is 35.6 Å². The van der Waals surface area contributed by atoms with E-state index >= 15 is 0 Å². The topological polar surface area (TPSA) is 39.1 Å². The molecule has 98 valence electrons. The fraction of sp³-hybridized carbons (Fsp3) is 0.500. The van der Waals surface area contributed by atoms with Crippen molar-refractivity contribution in [1.82, 2.24) is 10.2 Å². The van der Waals surface area contributed by atoms with E-state index in [-0.39, 0.29) is 5.82 Å². The van der Waals surface area contributed by atoms with Gasteiger partial charge in [0.15, 0.2) is 0 Å². The summed E-state index contributed by atoms with van der Waals surface area (Å²) in [5.41, 5.74) is 0.167. The molecule has 0 aliphatic rings. The third-order valence-corrected chi connectivity index (χ3v) is 2.77. The van der Waals surface area contributed by atoms with Gasteiger partial charge in [-0.2, -0.15) is 5.26 Å². The van der Waals surface area contributed by atoms with Crippen molar-refractivity contribution in [1.29, 1.82) is 5.26 Å². The molecule has 0 spiro atoms. The molecule has 0 aliphatic heterocycles. The van der Waals surface area contributed by atoms with Crippen LogP contribution in [0.5, 0.6) is 0 Å². The summed E-state index contributed by atoms with van der Waals surface area (Å²) in [5.74, 6) is -0.263. The van der Waals surface area contributed by atoms with Gasteiger partial charge in [-0.1, -0.05) is 12.1 Å². The third-order valence-electron chi connectivity index (χ3n) is 2.77. The summed E-state index contributed by atoms with van der Waals surface area (Å²) in [4.78, 5) is 2.05. The van der Waals surface area contributed by atoms with Crippen LogP contribution in [0.2, 0.25) is 0 Å². The molecule has 1 unspecified atom stereocenters. The third kappa shape index (κ3) is 4.82. The quantitative estimate of drug-likeness (QED) is 0.835. The molecule has 1 rings (SSSR count). The average molecular weight is 249 g/mol. The van der Waals surface area contributed by atoms with Crippen molar-refractivity contribution < 1.29 is 4.39 Å². The van der Waals surface area contributed by atoms with E-state index in [1.54, 1.807) is 6.07 Å². The molecule has 0 bridgehead atoms. The summed E-state index contributed by atoms with van der Waals surface area (Å²) in [6, 6.07) is 8.66. The SMILES string of the molecule is CN(C)CCNC(C)(C#N)Cc1cccc(F)c1. The molecule has 3 nitrogen and oxygen atoms in total. The lowest BCUT2D eigenvalue weighted by Gasteiger charge is -2.24. The molecule has 0 radical (unpaired) electrons. The minimum Gasteiger partial charge on any atom is -0.308 e. The molecule has 18 heavy (non-hydrogen) atoms. The first-order valence-electron chi connectivity index (χ1n) is 6.01. The summed E-state index contributed by atoms with van der Waals surface area (Å²) < 4.78 is 13.1. The molecule has 1 N–H and O–H groups in total. The van der Waals surface area contributed by atoms with Crippen LogP contribution >= 0.6 is 0 Å². The Morgan fingerprint density at radius 1 is 1.44 bits per heavy atom. The number of halogens is 1. The maximum absolute atomic E-state index is 13.1. The molecule has 0 heterocycles. The van der Waals surface area contributed by atoms with Gasteiger partial charge in [-0.05, 0) is 38.7 Å². The molecule has 0 aromatic heterocycles. The smallest absolute Gasteiger partial charge is 0.123 e. The van der Waals surface area contributed by atoms with Crippen molar-refractivity contribution in [2.75, 3.05) is 27.2 Å². The van der Waals surface area contributed by atoms with E-state index in [4.69, 9.17) is 0 Å². The lowest BCUT2D eigenvalue weighted by atomic mass is 9.94. The van der Waals surface area contributed by atoms with Crippen molar-refractivity contribution in [2.45, 2.75) is 18.9 Å². The van der Waals surface area contributed by atoms with Crippen molar-refractivity contribution in [2.24, 2.45) is 0 Å². The number of benzene rings is 1. The van der Waals surface area contributed by atoms with Gasteiger partial charge >= 0.3 is 0 Å². The van der Waals surface area contributed by atoms with Gasteiger partial charge in [-0.15, -0.1) is 0 Å². The molecule has 4 heteroatoms. The van der Waals surface area contributed by atoms with Crippen molar-refractivity contribution in [3.8, 4) is 6.07 Å². The Labute approximate surface area is 108 Å². The van der Waals surface area contributed by atoms with E-state index in [1.165, 1.54) is 12.1 Å². The molecule has 0 fully saturated rings. The number of rotatable bonds is 6. The zero-order chi connectivity index (χ0) is 13.6. The number of nitrogens with one attached hydrogen (secondary N) is 1. The molecule has 1 aromatic rings. The second-order valence-corrected chi connectivity index (χ2v) is 4.98. The molecular formula is C14H20FN3. The Kier molecular flexibility index (Phi) is 5.26. The summed E-state index contributed by atoms with van der Waals surface area (Å²) in [7, 11) is 3.97. The number of likely N-dealkylation sites (N-methyl/N-ethyl adjacent to an activating group) is 1. The van der Waals surface area contributed by atoms with E-state index in [0.29, 0.717) is 6.42 Å². The van der Waals surface area contributed by atoms with E-state index in [9.17, 15) is 9.65 Å². The molecule has 1 aromatic carbocycles. The average Bonchev–Trinajstić information content (AvgIpc) is 2.28. The first kappa shape index (κ1) is 14.6. The van der Waals surface area contributed by atoms with Crippen LogP contribution in [0.3, 0.4) is 0 Å². The highest BCUT2D eigenvalue weighted by atomic mass is 19.1. The number of hydrogen-bond donors (Lipinski definition) is 1. The van der Waals surface area contributed by atoms with Gasteiger partial charge in [0, 0.05) is 19.5 Å². The predicted molar refractivity (Wildman–Crippen MR) is 70.7 cm³/mol. The van der Waals surface area contributed by atoms with Crippen LogP contribution in [-0.2, 0) is 6.42 Å². The van der Waals surface area contributed by atoms with E-state index in [2.05, 4.69) is 11.4 Å². The highest BCUT2D eigenvalue weighted by Gasteiger charge is 2.23. The van der Waals surface area contributed by atoms with Crippen LogP contribution in [0.25, 0.3) is 0 Å². The van der Waals surface area contributed by atoms with Crippen LogP contribution in [0.1, 0.15) is 12.5 Å². The van der Waals surface area contributed by atoms with Gasteiger partial charge in [0.2, 0.25) is 0 Å². The van der Waals surface area contributed by atoms with Crippen LogP contribution in [-0.4, -0.2) is 37.6 Å². The van der Waals surface area contributed by atoms with Gasteiger partial charge in [0.1, 0.15) is 11.4 Å². The van der Waals surface area contributed by atoms with Gasteiger partial charge in [-0.25, -0.2) is 4.39 Å². The Balaban J connectivity index is 2.62. The van der Waals surface area contributed by atoms with E-state index < -0.39 is 5.54 Å². The summed E-state index contributed by atoms with van der Waals surface area (Å²) in [5, 5.41) is 12.5. The number of hydrogen-bond acceptors (Lipinski definition) is 3. The number of nitrogens with zero attached hydrogens (tertiary/aromatic N) is 2. The predicted octanol–water partition coefficient (Wildman–Crippen LogP) is 1.80. The molecule has 0 saturated heterocycles. The maximum atomic E-state index is 13.1. The molecule has 0 amide bonds. The highest BCUT2D eigenvalue weighted by molar-refractivity contribution is 5.22. The fourth-order valence-electron chi connectivity index (χ4n) is 1.75. The molecule has 1 atom stereocenters. The largest absolute Gasteiger partial charge is 0.308 e. The first-order chi connectivity index (χ1) is 8.45. The minimum atomic E-state index is -0.663. The van der Waals surface area contributed by atoms with E-state index in [1.807, 2.05) is 32.0 Å². The maximum Gasteiger partial charge on any atom is 0.123 e.